The van der Waals surface area contributed by atoms with E-state index in [1.807, 2.05) is 0 Å². The van der Waals surface area contributed by atoms with Crippen LogP contribution in [0.2, 0.25) is 5.02 Å². The van der Waals surface area contributed by atoms with Crippen LogP contribution in [-0.2, 0) is 0 Å². The lowest BCUT2D eigenvalue weighted by Crippen LogP contribution is -2.05. The molecule has 108 valence electrons. The maximum absolute atomic E-state index is 5.87. The summed E-state index contributed by atoms with van der Waals surface area (Å²) in [5, 5.41) is 3.79. The highest BCUT2D eigenvalue weighted by Crippen LogP contribution is 2.27. The zero-order valence-corrected chi connectivity index (χ0v) is 12.2. The molecule has 0 bridgehead atoms. The van der Waals surface area contributed by atoms with Gasteiger partial charge in [0.1, 0.15) is 11.3 Å². The van der Waals surface area contributed by atoms with E-state index in [1.165, 1.54) is 0 Å². The fraction of sp³-hybridized carbons (Fsp3) is 0.214. The quantitative estimate of drug-likeness (QED) is 0.753. The van der Waals surface area contributed by atoms with Crippen LogP contribution in [0.25, 0.3) is 11.2 Å². The van der Waals surface area contributed by atoms with Crippen LogP contribution in [0.4, 0.5) is 5.95 Å². The second kappa shape index (κ2) is 5.97. The molecule has 0 spiro atoms. The van der Waals surface area contributed by atoms with Gasteiger partial charge in [-0.3, -0.25) is 0 Å². The number of aromatic amines is 1. The highest BCUT2D eigenvalue weighted by molar-refractivity contribution is 6.30. The Hall–Kier alpha value is -2.34. The van der Waals surface area contributed by atoms with E-state index in [1.54, 1.807) is 30.6 Å². The van der Waals surface area contributed by atoms with Gasteiger partial charge in [0.15, 0.2) is 5.65 Å². The average molecular weight is 304 g/mol. The van der Waals surface area contributed by atoms with Gasteiger partial charge in [0.05, 0.1) is 6.33 Å². The van der Waals surface area contributed by atoms with Gasteiger partial charge < -0.3 is 15.0 Å². The molecule has 2 aromatic heterocycles. The van der Waals surface area contributed by atoms with Crippen LogP contribution in [0, 0.1) is 0 Å². The van der Waals surface area contributed by atoms with E-state index < -0.39 is 0 Å². The highest BCUT2D eigenvalue weighted by atomic mass is 35.5. The Kier molecular flexibility index (Phi) is 3.87. The van der Waals surface area contributed by atoms with Crippen molar-refractivity contribution >= 4 is 28.7 Å². The van der Waals surface area contributed by atoms with Crippen LogP contribution in [0.5, 0.6) is 11.6 Å². The normalized spacial score (nSPS) is 10.8. The fourth-order valence-corrected chi connectivity index (χ4v) is 1.94. The zero-order valence-electron chi connectivity index (χ0n) is 11.4. The van der Waals surface area contributed by atoms with Crippen LogP contribution in [0.15, 0.2) is 30.6 Å². The number of H-pyrrole nitrogens is 1. The second-order valence-electron chi connectivity index (χ2n) is 4.44. The molecule has 0 unspecified atom stereocenters. The summed E-state index contributed by atoms with van der Waals surface area (Å²) in [6, 6.07) is 7.09. The number of aromatic nitrogens is 4. The zero-order chi connectivity index (χ0) is 14.7. The summed E-state index contributed by atoms with van der Waals surface area (Å²) in [5.74, 6) is 1.58. The second-order valence-corrected chi connectivity index (χ2v) is 4.87. The molecule has 0 saturated heterocycles. The Morgan fingerprint density at radius 3 is 2.81 bits per heavy atom. The predicted molar refractivity (Wildman–Crippen MR) is 82.0 cm³/mol. The molecule has 0 atom stereocenters. The van der Waals surface area contributed by atoms with Gasteiger partial charge in [0.2, 0.25) is 5.95 Å². The monoisotopic (exact) mass is 303 g/mol. The van der Waals surface area contributed by atoms with Crippen LogP contribution in [0.3, 0.4) is 0 Å². The lowest BCUT2D eigenvalue weighted by molar-refractivity contribution is 0.468. The number of rotatable bonds is 5. The van der Waals surface area contributed by atoms with Crippen molar-refractivity contribution in [3.63, 3.8) is 0 Å². The first-order valence-corrected chi connectivity index (χ1v) is 7.02. The molecule has 21 heavy (non-hydrogen) atoms. The van der Waals surface area contributed by atoms with E-state index in [2.05, 4.69) is 32.2 Å². The molecule has 2 heterocycles. The van der Waals surface area contributed by atoms with Crippen molar-refractivity contribution in [2.45, 2.75) is 13.3 Å². The maximum Gasteiger partial charge on any atom is 0.250 e. The average Bonchev–Trinajstić information content (AvgIpc) is 2.96. The molecule has 0 radical (unpaired) electrons. The third-order valence-electron chi connectivity index (χ3n) is 2.81. The number of hydrogen-bond acceptors (Lipinski definition) is 5. The van der Waals surface area contributed by atoms with Crippen molar-refractivity contribution in [2.75, 3.05) is 11.9 Å². The summed E-state index contributed by atoms with van der Waals surface area (Å²) in [7, 11) is 0. The number of benzene rings is 1. The molecule has 2 N–H and O–H groups in total. The summed E-state index contributed by atoms with van der Waals surface area (Å²) < 4.78 is 5.80. The molecule has 3 aromatic rings. The van der Waals surface area contributed by atoms with Gasteiger partial charge in [0, 0.05) is 11.6 Å². The van der Waals surface area contributed by atoms with Crippen LogP contribution >= 0.6 is 11.6 Å². The third kappa shape index (κ3) is 3.05. The Balaban J connectivity index is 1.95. The number of imidazole rings is 1. The Labute approximate surface area is 126 Å². The van der Waals surface area contributed by atoms with Crippen LogP contribution in [-0.4, -0.2) is 26.5 Å². The van der Waals surface area contributed by atoms with Gasteiger partial charge in [-0.1, -0.05) is 18.5 Å². The van der Waals surface area contributed by atoms with Crippen molar-refractivity contribution in [1.29, 1.82) is 0 Å². The molecule has 0 aliphatic carbocycles. The molecule has 0 aliphatic heterocycles. The summed E-state index contributed by atoms with van der Waals surface area (Å²) >= 11 is 5.87. The summed E-state index contributed by atoms with van der Waals surface area (Å²) in [6.45, 7) is 2.86. The number of fused-ring (bicyclic) bond motifs is 1. The van der Waals surface area contributed by atoms with E-state index in [-0.39, 0.29) is 0 Å². The smallest absolute Gasteiger partial charge is 0.250 e. The number of nitrogens with one attached hydrogen (secondary N) is 2. The first kappa shape index (κ1) is 13.6. The number of ether oxygens (including phenoxy) is 1. The number of halogens is 1. The summed E-state index contributed by atoms with van der Waals surface area (Å²) in [4.78, 5) is 15.8. The van der Waals surface area contributed by atoms with Crippen LogP contribution < -0.4 is 10.1 Å². The SMILES string of the molecule is CCCNc1nc(Oc2ccc(Cl)cc2)c2[nH]cnc2n1. The molecule has 0 saturated carbocycles. The molecule has 0 amide bonds. The molecular formula is C14H14ClN5O. The number of anilines is 1. The van der Waals surface area contributed by atoms with Gasteiger partial charge in [-0.2, -0.15) is 9.97 Å². The number of hydrogen-bond donors (Lipinski definition) is 2. The van der Waals surface area contributed by atoms with Crippen molar-refractivity contribution in [3.05, 3.63) is 35.6 Å². The minimum atomic E-state index is 0.429. The Morgan fingerprint density at radius 2 is 2.05 bits per heavy atom. The number of nitrogens with zero attached hydrogens (tertiary/aromatic N) is 3. The predicted octanol–water partition coefficient (Wildman–Crippen LogP) is 3.62. The third-order valence-corrected chi connectivity index (χ3v) is 3.07. The first-order valence-electron chi connectivity index (χ1n) is 6.64. The standard InChI is InChI=1S/C14H14ClN5O/c1-2-7-16-14-19-12-11(17-8-18-12)13(20-14)21-10-5-3-9(15)4-6-10/h3-6,8H,2,7H2,1H3,(H2,16,17,18,19,20). The van der Waals surface area contributed by atoms with Gasteiger partial charge >= 0.3 is 0 Å². The van der Waals surface area contributed by atoms with Gasteiger partial charge in [-0.15, -0.1) is 0 Å². The molecule has 1 aromatic carbocycles. The minimum Gasteiger partial charge on any atom is -0.437 e. The van der Waals surface area contributed by atoms with Gasteiger partial charge in [-0.25, -0.2) is 4.98 Å². The molecule has 0 aliphatic rings. The van der Waals surface area contributed by atoms with Crippen LogP contribution in [0.1, 0.15) is 13.3 Å². The van der Waals surface area contributed by atoms with E-state index in [9.17, 15) is 0 Å². The van der Waals surface area contributed by atoms with Crippen molar-refractivity contribution in [2.24, 2.45) is 0 Å². The van der Waals surface area contributed by atoms with Crippen molar-refractivity contribution in [1.82, 2.24) is 19.9 Å². The molecular weight excluding hydrogens is 290 g/mol. The highest BCUT2D eigenvalue weighted by Gasteiger charge is 2.11. The minimum absolute atomic E-state index is 0.429. The van der Waals surface area contributed by atoms with E-state index >= 15 is 0 Å². The van der Waals surface area contributed by atoms with Gasteiger partial charge in [0.25, 0.3) is 5.88 Å². The maximum atomic E-state index is 5.87. The molecule has 0 fully saturated rings. The lowest BCUT2D eigenvalue weighted by atomic mass is 10.3. The first-order chi connectivity index (χ1) is 10.3. The van der Waals surface area contributed by atoms with Crippen molar-refractivity contribution in [3.8, 4) is 11.6 Å². The van der Waals surface area contributed by atoms with Gasteiger partial charge in [-0.05, 0) is 30.7 Å². The van der Waals surface area contributed by atoms with E-state index in [0.29, 0.717) is 33.8 Å². The summed E-state index contributed by atoms with van der Waals surface area (Å²) in [6.07, 6.45) is 2.55. The molecule has 6 nitrogen and oxygen atoms in total. The van der Waals surface area contributed by atoms with Crippen molar-refractivity contribution < 1.29 is 4.74 Å². The van der Waals surface area contributed by atoms with E-state index in [0.717, 1.165) is 13.0 Å². The lowest BCUT2D eigenvalue weighted by Gasteiger charge is -2.08. The topological polar surface area (TPSA) is 75.7 Å². The fourth-order valence-electron chi connectivity index (χ4n) is 1.81. The largest absolute Gasteiger partial charge is 0.437 e. The Bertz CT molecular complexity index is 741. The molecule has 7 heteroatoms. The summed E-state index contributed by atoms with van der Waals surface area (Å²) in [5.41, 5.74) is 1.22. The molecule has 3 rings (SSSR count). The Morgan fingerprint density at radius 1 is 1.24 bits per heavy atom. The van der Waals surface area contributed by atoms with E-state index in [4.69, 9.17) is 16.3 Å².